The third-order valence-corrected chi connectivity index (χ3v) is 5.02. The molecule has 1 unspecified atom stereocenters. The molecule has 5 heteroatoms. The number of thiocarbonyl (C=S) groups is 1. The lowest BCUT2D eigenvalue weighted by atomic mass is 10.2. The minimum absolute atomic E-state index is 0.0109. The molecule has 3 rings (SSSR count). The zero-order valence-corrected chi connectivity index (χ0v) is 13.7. The molecular weight excluding hydrogens is 314 g/mol. The summed E-state index contributed by atoms with van der Waals surface area (Å²) in [7, 11) is 0. The largest absolute Gasteiger partial charge is 0.376 e. The van der Waals surface area contributed by atoms with Gasteiger partial charge in [-0.25, -0.2) is 0 Å². The van der Waals surface area contributed by atoms with Crippen LogP contribution in [-0.2, 0) is 9.53 Å². The Morgan fingerprint density at radius 2 is 2.18 bits per heavy atom. The normalized spacial score (nSPS) is 24.1. The third kappa shape index (κ3) is 3.66. The van der Waals surface area contributed by atoms with E-state index in [9.17, 15) is 4.79 Å². The molecule has 2 fully saturated rings. The van der Waals surface area contributed by atoms with Crippen LogP contribution in [0.25, 0.3) is 6.08 Å². The first kappa shape index (κ1) is 15.5. The molecule has 1 aromatic carbocycles. The van der Waals surface area contributed by atoms with E-state index in [1.165, 1.54) is 11.8 Å². The number of amides is 1. The molecule has 2 aliphatic heterocycles. The highest BCUT2D eigenvalue weighted by molar-refractivity contribution is 8.26. The van der Waals surface area contributed by atoms with Crippen LogP contribution < -0.4 is 0 Å². The molecule has 0 N–H and O–H groups in total. The summed E-state index contributed by atoms with van der Waals surface area (Å²) in [6, 6.07) is 10.00. The van der Waals surface area contributed by atoms with Crippen molar-refractivity contribution < 1.29 is 9.53 Å². The lowest BCUT2D eigenvalue weighted by molar-refractivity contribution is -0.123. The number of nitrogens with zero attached hydrogens (tertiary/aromatic N) is 1. The second-order valence-corrected chi connectivity index (χ2v) is 6.90. The average Bonchev–Trinajstić information content (AvgIpc) is 3.13. The number of benzene rings is 1. The Bertz CT molecular complexity index is 619. The Labute approximate surface area is 140 Å². The number of allylic oxidation sites excluding steroid dienone is 2. The monoisotopic (exact) mass is 331 g/mol. The van der Waals surface area contributed by atoms with Gasteiger partial charge in [-0.2, -0.15) is 0 Å². The summed E-state index contributed by atoms with van der Waals surface area (Å²) in [6.07, 6.45) is 7.91. The molecule has 2 aliphatic rings. The number of ether oxygens (including phenoxy) is 1. The first-order valence-corrected chi connectivity index (χ1v) is 8.55. The number of carbonyl (C=O) groups excluding carboxylic acids is 1. The maximum atomic E-state index is 12.4. The highest BCUT2D eigenvalue weighted by Gasteiger charge is 2.34. The Kier molecular flexibility index (Phi) is 5.08. The topological polar surface area (TPSA) is 29.5 Å². The zero-order chi connectivity index (χ0) is 15.4. The van der Waals surface area contributed by atoms with Crippen LogP contribution in [0.3, 0.4) is 0 Å². The maximum Gasteiger partial charge on any atom is 0.266 e. The summed E-state index contributed by atoms with van der Waals surface area (Å²) < 4.78 is 6.21. The van der Waals surface area contributed by atoms with Gasteiger partial charge in [-0.05, 0) is 24.5 Å². The van der Waals surface area contributed by atoms with Crippen molar-refractivity contribution in [3.63, 3.8) is 0 Å². The second kappa shape index (κ2) is 7.22. The Hall–Kier alpha value is -1.43. The van der Waals surface area contributed by atoms with Crippen molar-refractivity contribution in [3.8, 4) is 0 Å². The van der Waals surface area contributed by atoms with Crippen LogP contribution in [0, 0.1) is 0 Å². The predicted molar refractivity (Wildman–Crippen MR) is 94.4 cm³/mol. The Morgan fingerprint density at radius 1 is 1.36 bits per heavy atom. The Morgan fingerprint density at radius 3 is 2.91 bits per heavy atom. The van der Waals surface area contributed by atoms with Crippen LogP contribution in [0.1, 0.15) is 18.4 Å². The van der Waals surface area contributed by atoms with Crippen LogP contribution >= 0.6 is 24.0 Å². The minimum atomic E-state index is -0.0109. The van der Waals surface area contributed by atoms with E-state index in [0.29, 0.717) is 15.8 Å². The van der Waals surface area contributed by atoms with Gasteiger partial charge in [0.15, 0.2) is 0 Å². The van der Waals surface area contributed by atoms with Gasteiger partial charge in [0.1, 0.15) is 4.32 Å². The molecular formula is C17H17NO2S2. The zero-order valence-electron chi connectivity index (χ0n) is 12.1. The molecule has 1 atom stereocenters. The van der Waals surface area contributed by atoms with Crippen LogP contribution in [-0.4, -0.2) is 34.4 Å². The van der Waals surface area contributed by atoms with Crippen molar-refractivity contribution in [2.75, 3.05) is 13.2 Å². The molecule has 0 radical (unpaired) electrons. The van der Waals surface area contributed by atoms with Gasteiger partial charge in [0.2, 0.25) is 0 Å². The number of hydrogen-bond acceptors (Lipinski definition) is 4. The van der Waals surface area contributed by atoms with Gasteiger partial charge in [-0.3, -0.25) is 9.69 Å². The van der Waals surface area contributed by atoms with E-state index >= 15 is 0 Å². The molecule has 0 aliphatic carbocycles. The first-order valence-electron chi connectivity index (χ1n) is 7.33. The molecule has 1 aromatic rings. The van der Waals surface area contributed by atoms with Crippen molar-refractivity contribution in [1.29, 1.82) is 0 Å². The third-order valence-electron chi connectivity index (χ3n) is 3.62. The molecule has 0 aromatic heterocycles. The fourth-order valence-corrected chi connectivity index (χ4v) is 3.70. The number of thioether (sulfide) groups is 1. The quantitative estimate of drug-likeness (QED) is 0.622. The highest BCUT2D eigenvalue weighted by Crippen LogP contribution is 2.32. The van der Waals surface area contributed by atoms with E-state index in [4.69, 9.17) is 17.0 Å². The molecule has 2 saturated heterocycles. The van der Waals surface area contributed by atoms with E-state index in [-0.39, 0.29) is 12.0 Å². The van der Waals surface area contributed by atoms with Crippen molar-refractivity contribution in [3.05, 3.63) is 53.0 Å². The van der Waals surface area contributed by atoms with E-state index in [2.05, 4.69) is 0 Å². The summed E-state index contributed by atoms with van der Waals surface area (Å²) >= 11 is 6.68. The van der Waals surface area contributed by atoms with Crippen LogP contribution in [0.15, 0.2) is 47.4 Å². The van der Waals surface area contributed by atoms with Gasteiger partial charge >= 0.3 is 0 Å². The van der Waals surface area contributed by atoms with Gasteiger partial charge < -0.3 is 4.74 Å². The predicted octanol–water partition coefficient (Wildman–Crippen LogP) is 3.62. The van der Waals surface area contributed by atoms with Crippen molar-refractivity contribution in [2.45, 2.75) is 18.9 Å². The molecule has 2 heterocycles. The summed E-state index contributed by atoms with van der Waals surface area (Å²) in [5, 5.41) is 0. The van der Waals surface area contributed by atoms with Crippen LogP contribution in [0.2, 0.25) is 0 Å². The smallest absolute Gasteiger partial charge is 0.266 e. The van der Waals surface area contributed by atoms with E-state index in [1.54, 1.807) is 4.90 Å². The first-order chi connectivity index (χ1) is 10.7. The van der Waals surface area contributed by atoms with E-state index in [0.717, 1.165) is 25.0 Å². The summed E-state index contributed by atoms with van der Waals surface area (Å²) in [6.45, 7) is 1.36. The van der Waals surface area contributed by atoms with Gasteiger partial charge in [-0.15, -0.1) is 0 Å². The lowest BCUT2D eigenvalue weighted by Gasteiger charge is -2.18. The number of carbonyl (C=O) groups is 1. The fourth-order valence-electron chi connectivity index (χ4n) is 2.47. The highest BCUT2D eigenvalue weighted by atomic mass is 32.2. The van der Waals surface area contributed by atoms with Crippen molar-refractivity contribution in [2.24, 2.45) is 0 Å². The second-order valence-electron chi connectivity index (χ2n) is 5.22. The number of rotatable bonds is 4. The van der Waals surface area contributed by atoms with Crippen LogP contribution in [0.5, 0.6) is 0 Å². The average molecular weight is 331 g/mol. The summed E-state index contributed by atoms with van der Waals surface area (Å²) in [5.41, 5.74) is 1.11. The molecule has 3 nitrogen and oxygen atoms in total. The fraction of sp³-hybridized carbons (Fsp3) is 0.294. The van der Waals surface area contributed by atoms with Crippen LogP contribution in [0.4, 0.5) is 0 Å². The van der Waals surface area contributed by atoms with Gasteiger partial charge in [-0.1, -0.05) is 66.5 Å². The standard InChI is InChI=1S/C17H17NO2S2/c19-16-15(10-4-8-13-6-2-1-3-7-13)22-17(21)18(16)12-14-9-5-11-20-14/h1-4,6-8,10,14H,5,9,11-12H2/b8-4-,15-10+. The Balaban J connectivity index is 1.65. The summed E-state index contributed by atoms with van der Waals surface area (Å²) in [4.78, 5) is 14.7. The molecule has 0 spiro atoms. The van der Waals surface area contributed by atoms with E-state index < -0.39 is 0 Å². The molecule has 0 saturated carbocycles. The van der Waals surface area contributed by atoms with Crippen molar-refractivity contribution in [1.82, 2.24) is 4.90 Å². The van der Waals surface area contributed by atoms with Gasteiger partial charge in [0.25, 0.3) is 5.91 Å². The maximum absolute atomic E-state index is 12.4. The SMILES string of the molecule is O=C1/C(=C\C=C/c2ccccc2)SC(=S)N1CC1CCCO1. The lowest BCUT2D eigenvalue weighted by Crippen LogP contribution is -2.35. The summed E-state index contributed by atoms with van der Waals surface area (Å²) in [5.74, 6) is -0.0109. The minimum Gasteiger partial charge on any atom is -0.376 e. The number of hydrogen-bond donors (Lipinski definition) is 0. The van der Waals surface area contributed by atoms with Gasteiger partial charge in [0, 0.05) is 6.61 Å². The molecule has 22 heavy (non-hydrogen) atoms. The molecule has 114 valence electrons. The molecule has 1 amide bonds. The van der Waals surface area contributed by atoms with E-state index in [1.807, 2.05) is 48.6 Å². The van der Waals surface area contributed by atoms with Gasteiger partial charge in [0.05, 0.1) is 17.6 Å². The van der Waals surface area contributed by atoms with Crippen molar-refractivity contribution >= 4 is 40.3 Å². The molecule has 0 bridgehead atoms.